The van der Waals surface area contributed by atoms with Crippen LogP contribution in [0.5, 0.6) is 0 Å². The van der Waals surface area contributed by atoms with E-state index in [1.165, 1.54) is 0 Å². The first-order chi connectivity index (χ1) is 10.7. The normalized spacial score (nSPS) is 16.9. The molecule has 0 saturated heterocycles. The third kappa shape index (κ3) is 3.20. The van der Waals surface area contributed by atoms with E-state index in [1.54, 1.807) is 0 Å². The Morgan fingerprint density at radius 1 is 1.36 bits per heavy atom. The number of hydrogen-bond donors (Lipinski definition) is 2. The zero-order chi connectivity index (χ0) is 15.4. The van der Waals surface area contributed by atoms with Gasteiger partial charge < -0.3 is 5.32 Å². The first-order valence-corrected chi connectivity index (χ1v) is 7.27. The molecule has 3 rings (SSSR count). The number of H-pyrrole nitrogens is 1. The van der Waals surface area contributed by atoms with Gasteiger partial charge in [-0.2, -0.15) is 5.21 Å². The average Bonchev–Trinajstić information content (AvgIpc) is 3.10. The summed E-state index contributed by atoms with van der Waals surface area (Å²) >= 11 is 0. The van der Waals surface area contributed by atoms with Gasteiger partial charge in [-0.1, -0.05) is 24.3 Å². The van der Waals surface area contributed by atoms with E-state index in [1.807, 2.05) is 37.3 Å². The number of para-hydroxylation sites is 1. The summed E-state index contributed by atoms with van der Waals surface area (Å²) in [4.78, 5) is 14.5. The highest BCUT2D eigenvalue weighted by molar-refractivity contribution is 5.94. The molecule has 1 aliphatic rings. The highest BCUT2D eigenvalue weighted by Crippen LogP contribution is 2.19. The van der Waals surface area contributed by atoms with Gasteiger partial charge in [-0.3, -0.25) is 9.69 Å². The van der Waals surface area contributed by atoms with Crippen LogP contribution < -0.4 is 5.32 Å². The number of benzene rings is 1. The quantitative estimate of drug-likeness (QED) is 0.889. The lowest BCUT2D eigenvalue weighted by Gasteiger charge is -2.31. The summed E-state index contributed by atoms with van der Waals surface area (Å²) in [7, 11) is 0. The topological polar surface area (TPSA) is 86.8 Å². The van der Waals surface area contributed by atoms with Crippen LogP contribution in [0.25, 0.3) is 5.57 Å². The molecule has 22 heavy (non-hydrogen) atoms. The lowest BCUT2D eigenvalue weighted by Crippen LogP contribution is -2.44. The number of anilines is 1. The van der Waals surface area contributed by atoms with Crippen molar-refractivity contribution in [2.45, 2.75) is 19.4 Å². The van der Waals surface area contributed by atoms with E-state index in [9.17, 15) is 4.79 Å². The van der Waals surface area contributed by atoms with Crippen molar-refractivity contribution in [3.8, 4) is 0 Å². The maximum absolute atomic E-state index is 12.4. The molecule has 114 valence electrons. The fourth-order valence-electron chi connectivity index (χ4n) is 2.49. The summed E-state index contributed by atoms with van der Waals surface area (Å²) in [5.74, 6) is 0.584. The van der Waals surface area contributed by atoms with Gasteiger partial charge >= 0.3 is 0 Å². The number of carbonyl (C=O) groups is 1. The highest BCUT2D eigenvalue weighted by Gasteiger charge is 2.25. The van der Waals surface area contributed by atoms with E-state index < -0.39 is 0 Å². The number of aromatic amines is 1. The smallest absolute Gasteiger partial charge is 0.241 e. The van der Waals surface area contributed by atoms with Crippen LogP contribution in [0.2, 0.25) is 0 Å². The van der Waals surface area contributed by atoms with Crippen LogP contribution in [0.15, 0.2) is 36.4 Å². The number of rotatable bonds is 4. The molecule has 0 saturated carbocycles. The van der Waals surface area contributed by atoms with E-state index in [2.05, 4.69) is 36.9 Å². The molecule has 7 heteroatoms. The summed E-state index contributed by atoms with van der Waals surface area (Å²) in [5, 5.41) is 17.0. The van der Waals surface area contributed by atoms with E-state index in [4.69, 9.17) is 0 Å². The Hall–Kier alpha value is -2.54. The summed E-state index contributed by atoms with van der Waals surface area (Å²) in [6.45, 7) is 3.39. The highest BCUT2D eigenvalue weighted by atomic mass is 16.2. The average molecular weight is 298 g/mol. The Kier molecular flexibility index (Phi) is 4.24. The lowest BCUT2D eigenvalue weighted by atomic mass is 10.1. The van der Waals surface area contributed by atoms with Gasteiger partial charge in [0.1, 0.15) is 0 Å². The summed E-state index contributed by atoms with van der Waals surface area (Å²) in [6, 6.07) is 9.26. The van der Waals surface area contributed by atoms with Crippen molar-refractivity contribution in [1.82, 2.24) is 25.5 Å². The second-order valence-electron chi connectivity index (χ2n) is 5.26. The third-order valence-electron chi connectivity index (χ3n) is 3.78. The number of nitrogens with zero attached hydrogens (tertiary/aromatic N) is 4. The minimum absolute atomic E-state index is 0.0134. The van der Waals surface area contributed by atoms with Crippen molar-refractivity contribution in [1.29, 1.82) is 0 Å². The molecule has 1 unspecified atom stereocenters. The van der Waals surface area contributed by atoms with E-state index >= 15 is 0 Å². The number of nitrogens with one attached hydrogen (secondary N) is 2. The van der Waals surface area contributed by atoms with Gasteiger partial charge in [0.05, 0.1) is 6.04 Å². The monoisotopic (exact) mass is 298 g/mol. The van der Waals surface area contributed by atoms with Gasteiger partial charge in [0.2, 0.25) is 11.7 Å². The number of aromatic nitrogens is 4. The van der Waals surface area contributed by atoms with Crippen molar-refractivity contribution >= 4 is 17.2 Å². The molecule has 2 heterocycles. The molecule has 0 spiro atoms. The second-order valence-corrected chi connectivity index (χ2v) is 5.26. The van der Waals surface area contributed by atoms with Crippen LogP contribution in [-0.2, 0) is 4.79 Å². The zero-order valence-corrected chi connectivity index (χ0v) is 12.4. The predicted molar refractivity (Wildman–Crippen MR) is 82.9 cm³/mol. The standard InChI is InChI=1S/C15H18N6O/c1-11(15(22)16-13-7-3-2-4-8-13)21-9-5-6-12(10-21)14-17-19-20-18-14/h2-4,6-8,11H,5,9-10H2,1H3,(H,16,22)(H,17,18,19,20). The van der Waals surface area contributed by atoms with Crippen LogP contribution in [0.1, 0.15) is 19.2 Å². The number of amides is 1. The van der Waals surface area contributed by atoms with Gasteiger partial charge in [-0.25, -0.2) is 0 Å². The molecule has 0 fully saturated rings. The summed E-state index contributed by atoms with van der Waals surface area (Å²) in [6.07, 6.45) is 2.97. The van der Waals surface area contributed by atoms with Crippen LogP contribution in [0.4, 0.5) is 5.69 Å². The summed E-state index contributed by atoms with van der Waals surface area (Å²) in [5.41, 5.74) is 1.81. The number of tetrazole rings is 1. The van der Waals surface area contributed by atoms with Crippen LogP contribution >= 0.6 is 0 Å². The first-order valence-electron chi connectivity index (χ1n) is 7.27. The van der Waals surface area contributed by atoms with Crippen molar-refractivity contribution in [2.24, 2.45) is 0 Å². The molecule has 0 bridgehead atoms. The maximum atomic E-state index is 12.4. The van der Waals surface area contributed by atoms with Gasteiger partial charge in [-0.15, -0.1) is 10.2 Å². The van der Waals surface area contributed by atoms with Crippen molar-refractivity contribution in [3.63, 3.8) is 0 Å². The Morgan fingerprint density at radius 2 is 2.18 bits per heavy atom. The molecule has 0 aliphatic carbocycles. The Labute approximate surface area is 128 Å². The van der Waals surface area contributed by atoms with Crippen molar-refractivity contribution in [2.75, 3.05) is 18.4 Å². The van der Waals surface area contributed by atoms with Crippen molar-refractivity contribution in [3.05, 3.63) is 42.2 Å². The third-order valence-corrected chi connectivity index (χ3v) is 3.78. The minimum atomic E-state index is -0.226. The Bertz CT molecular complexity index is 652. The van der Waals surface area contributed by atoms with Crippen LogP contribution in [0.3, 0.4) is 0 Å². The maximum Gasteiger partial charge on any atom is 0.241 e. The van der Waals surface area contributed by atoms with Crippen LogP contribution in [0, 0.1) is 0 Å². The molecule has 0 radical (unpaired) electrons. The van der Waals surface area contributed by atoms with E-state index in [-0.39, 0.29) is 11.9 Å². The molecular formula is C15H18N6O. The fourth-order valence-corrected chi connectivity index (χ4v) is 2.49. The SMILES string of the molecule is CC(C(=O)Nc1ccccc1)N1CCC=C(c2nn[nH]n2)C1. The largest absolute Gasteiger partial charge is 0.325 e. The second kappa shape index (κ2) is 6.48. The number of carbonyl (C=O) groups excluding carboxylic acids is 1. The van der Waals surface area contributed by atoms with Gasteiger partial charge in [0.15, 0.2) is 0 Å². The molecule has 1 aromatic heterocycles. The zero-order valence-electron chi connectivity index (χ0n) is 12.4. The fraction of sp³-hybridized carbons (Fsp3) is 0.333. The molecule has 1 amide bonds. The molecule has 1 atom stereocenters. The van der Waals surface area contributed by atoms with Gasteiger partial charge in [0, 0.05) is 24.4 Å². The van der Waals surface area contributed by atoms with Gasteiger partial charge in [0.25, 0.3) is 0 Å². The first kappa shape index (κ1) is 14.4. The Balaban J connectivity index is 1.64. The minimum Gasteiger partial charge on any atom is -0.325 e. The number of hydrogen-bond acceptors (Lipinski definition) is 5. The molecule has 1 aliphatic heterocycles. The molecule has 1 aromatic carbocycles. The predicted octanol–water partition coefficient (Wildman–Crippen LogP) is 1.32. The van der Waals surface area contributed by atoms with Gasteiger partial charge in [-0.05, 0) is 30.7 Å². The molecule has 2 aromatic rings. The van der Waals surface area contributed by atoms with E-state index in [0.29, 0.717) is 12.4 Å². The Morgan fingerprint density at radius 3 is 2.91 bits per heavy atom. The molecular weight excluding hydrogens is 280 g/mol. The van der Waals surface area contributed by atoms with Crippen molar-refractivity contribution < 1.29 is 4.79 Å². The van der Waals surface area contributed by atoms with E-state index in [0.717, 1.165) is 24.2 Å². The lowest BCUT2D eigenvalue weighted by molar-refractivity contribution is -0.120. The molecule has 2 N–H and O–H groups in total. The van der Waals surface area contributed by atoms with Crippen LogP contribution in [-0.4, -0.2) is 50.6 Å². The molecule has 7 nitrogen and oxygen atoms in total. The summed E-state index contributed by atoms with van der Waals surface area (Å²) < 4.78 is 0.